The van der Waals surface area contributed by atoms with Crippen molar-refractivity contribution in [1.29, 1.82) is 0 Å². The molecule has 0 bridgehead atoms. The van der Waals surface area contributed by atoms with Gasteiger partial charge in [0.05, 0.1) is 33.8 Å². The van der Waals surface area contributed by atoms with Crippen molar-refractivity contribution in [3.63, 3.8) is 0 Å². The third-order valence-electron chi connectivity index (χ3n) is 3.08. The maximum Gasteiger partial charge on any atom is 0.305 e. The van der Waals surface area contributed by atoms with E-state index in [-0.39, 0.29) is 13.0 Å². The first-order chi connectivity index (χ1) is 10.1. The maximum atomic E-state index is 10.8. The van der Waals surface area contributed by atoms with Crippen molar-refractivity contribution >= 4 is 40.2 Å². The summed E-state index contributed by atoms with van der Waals surface area (Å²) in [5, 5.41) is 9.70. The van der Waals surface area contributed by atoms with Gasteiger partial charge in [0.1, 0.15) is 0 Å². The van der Waals surface area contributed by atoms with E-state index in [1.807, 2.05) is 0 Å². The molecule has 0 aliphatic rings. The number of hydrogen-bond acceptors (Lipinski definition) is 3. The van der Waals surface area contributed by atoms with E-state index in [0.29, 0.717) is 27.1 Å². The molecular weight excluding hydrogens is 315 g/mol. The summed E-state index contributed by atoms with van der Waals surface area (Å²) in [6.45, 7) is 0.264. The van der Waals surface area contributed by atoms with E-state index in [0.717, 1.165) is 5.52 Å². The summed E-state index contributed by atoms with van der Waals surface area (Å²) in [4.78, 5) is 15.3. The van der Waals surface area contributed by atoms with Crippen molar-refractivity contribution in [2.45, 2.75) is 13.0 Å². The molecular formula is C14H10Cl2N2O3. The predicted molar refractivity (Wildman–Crippen MR) is 79.7 cm³/mol. The molecule has 21 heavy (non-hydrogen) atoms. The Bertz CT molecular complexity index is 809. The zero-order valence-electron chi connectivity index (χ0n) is 10.7. The second kappa shape index (κ2) is 5.42. The van der Waals surface area contributed by atoms with Crippen LogP contribution in [0.4, 0.5) is 0 Å². The fourth-order valence-electron chi connectivity index (χ4n) is 2.15. The van der Waals surface area contributed by atoms with Crippen molar-refractivity contribution in [3.8, 4) is 11.6 Å². The normalized spacial score (nSPS) is 11.1. The largest absolute Gasteiger partial charge is 0.481 e. The van der Waals surface area contributed by atoms with Crippen LogP contribution in [0.3, 0.4) is 0 Å². The van der Waals surface area contributed by atoms with Crippen LogP contribution in [0.1, 0.15) is 6.42 Å². The first kappa shape index (κ1) is 14.0. The molecule has 0 unspecified atom stereocenters. The molecule has 0 radical (unpaired) electrons. The molecule has 2 heterocycles. The van der Waals surface area contributed by atoms with Crippen molar-refractivity contribution in [3.05, 3.63) is 40.6 Å². The number of carboxylic acids is 1. The number of carbonyl (C=O) groups is 1. The first-order valence-electron chi connectivity index (χ1n) is 6.17. The number of aryl methyl sites for hydroxylation is 1. The first-order valence-corrected chi connectivity index (χ1v) is 6.93. The zero-order chi connectivity index (χ0) is 15.0. The third kappa shape index (κ3) is 2.62. The summed E-state index contributed by atoms with van der Waals surface area (Å²) in [7, 11) is 0. The van der Waals surface area contributed by atoms with Crippen molar-refractivity contribution < 1.29 is 14.3 Å². The minimum atomic E-state index is -0.887. The number of halogens is 2. The Morgan fingerprint density at radius 1 is 1.33 bits per heavy atom. The number of furan rings is 1. The molecule has 0 spiro atoms. The number of rotatable bonds is 4. The van der Waals surface area contributed by atoms with E-state index in [1.165, 1.54) is 6.26 Å². The monoisotopic (exact) mass is 324 g/mol. The molecule has 0 amide bonds. The SMILES string of the molecule is O=C(O)CCn1c(-c2ccco2)nc2cc(Cl)c(Cl)cc21. The van der Waals surface area contributed by atoms with Gasteiger partial charge in [0, 0.05) is 6.54 Å². The summed E-state index contributed by atoms with van der Waals surface area (Å²) in [5.41, 5.74) is 1.36. The number of nitrogens with zero attached hydrogens (tertiary/aromatic N) is 2. The second-order valence-electron chi connectivity index (χ2n) is 4.46. The van der Waals surface area contributed by atoms with E-state index in [1.54, 1.807) is 28.8 Å². The molecule has 0 aliphatic carbocycles. The molecule has 108 valence electrons. The lowest BCUT2D eigenvalue weighted by Gasteiger charge is -2.06. The van der Waals surface area contributed by atoms with Gasteiger partial charge in [-0.15, -0.1) is 0 Å². The van der Waals surface area contributed by atoms with E-state index in [4.69, 9.17) is 32.7 Å². The quantitative estimate of drug-likeness (QED) is 0.785. The molecule has 1 N–H and O–H groups in total. The van der Waals surface area contributed by atoms with Gasteiger partial charge in [-0.2, -0.15) is 0 Å². The minimum Gasteiger partial charge on any atom is -0.481 e. The van der Waals surface area contributed by atoms with Crippen molar-refractivity contribution in [1.82, 2.24) is 9.55 Å². The van der Waals surface area contributed by atoms with Crippen LogP contribution < -0.4 is 0 Å². The van der Waals surface area contributed by atoms with Crippen LogP contribution in [0.25, 0.3) is 22.6 Å². The summed E-state index contributed by atoms with van der Waals surface area (Å²) in [6.07, 6.45) is 1.51. The van der Waals surface area contributed by atoms with Gasteiger partial charge in [-0.05, 0) is 24.3 Å². The molecule has 2 aromatic heterocycles. The van der Waals surface area contributed by atoms with Crippen LogP contribution in [0.2, 0.25) is 10.0 Å². The number of carboxylic acid groups (broad SMARTS) is 1. The Hall–Kier alpha value is -1.98. The Morgan fingerprint density at radius 2 is 2.10 bits per heavy atom. The molecule has 3 aromatic rings. The summed E-state index contributed by atoms with van der Waals surface area (Å²) >= 11 is 12.0. The fourth-order valence-corrected chi connectivity index (χ4v) is 2.46. The highest BCUT2D eigenvalue weighted by atomic mass is 35.5. The van der Waals surface area contributed by atoms with Gasteiger partial charge < -0.3 is 14.1 Å². The van der Waals surface area contributed by atoms with Gasteiger partial charge in [-0.3, -0.25) is 4.79 Å². The smallest absolute Gasteiger partial charge is 0.305 e. The van der Waals surface area contributed by atoms with Crippen LogP contribution in [0.15, 0.2) is 34.9 Å². The van der Waals surface area contributed by atoms with E-state index in [9.17, 15) is 4.79 Å². The Morgan fingerprint density at radius 3 is 2.76 bits per heavy atom. The molecule has 0 saturated carbocycles. The molecule has 3 rings (SSSR count). The summed E-state index contributed by atoms with van der Waals surface area (Å²) in [6, 6.07) is 6.85. The highest BCUT2D eigenvalue weighted by molar-refractivity contribution is 6.42. The predicted octanol–water partition coefficient (Wildman–Crippen LogP) is 4.08. The number of aliphatic carboxylic acids is 1. The lowest BCUT2D eigenvalue weighted by Crippen LogP contribution is -2.05. The molecule has 0 atom stereocenters. The Kier molecular flexibility index (Phi) is 3.61. The number of benzene rings is 1. The standard InChI is InChI=1S/C14H10Cl2N2O3/c15-8-6-10-11(7-9(8)16)18(4-3-13(19)20)14(17-10)12-2-1-5-21-12/h1-2,5-7H,3-4H2,(H,19,20). The van der Waals surface area contributed by atoms with Crippen LogP contribution in [0, 0.1) is 0 Å². The molecule has 7 heteroatoms. The van der Waals surface area contributed by atoms with Gasteiger partial charge in [0.25, 0.3) is 0 Å². The second-order valence-corrected chi connectivity index (χ2v) is 5.28. The lowest BCUT2D eigenvalue weighted by atomic mass is 10.3. The van der Waals surface area contributed by atoms with Gasteiger partial charge in [-0.25, -0.2) is 4.98 Å². The topological polar surface area (TPSA) is 68.3 Å². The zero-order valence-corrected chi connectivity index (χ0v) is 12.2. The average molecular weight is 325 g/mol. The molecule has 0 saturated heterocycles. The van der Waals surface area contributed by atoms with Crippen molar-refractivity contribution in [2.75, 3.05) is 0 Å². The van der Waals surface area contributed by atoms with Crippen LogP contribution >= 0.6 is 23.2 Å². The van der Waals surface area contributed by atoms with Gasteiger partial charge >= 0.3 is 5.97 Å². The minimum absolute atomic E-state index is 0.0284. The average Bonchev–Trinajstić information content (AvgIpc) is 3.04. The third-order valence-corrected chi connectivity index (χ3v) is 3.80. The summed E-state index contributed by atoms with van der Waals surface area (Å²) in [5.74, 6) is 0.223. The highest BCUT2D eigenvalue weighted by Gasteiger charge is 2.17. The van der Waals surface area contributed by atoms with Gasteiger partial charge in [0.15, 0.2) is 11.6 Å². The number of fused-ring (bicyclic) bond motifs is 1. The van der Waals surface area contributed by atoms with E-state index in [2.05, 4.69) is 4.98 Å². The fraction of sp³-hybridized carbons (Fsp3) is 0.143. The number of aromatic nitrogens is 2. The van der Waals surface area contributed by atoms with Crippen LogP contribution in [0.5, 0.6) is 0 Å². The Balaban J connectivity index is 2.20. The van der Waals surface area contributed by atoms with Gasteiger partial charge in [0.2, 0.25) is 0 Å². The molecule has 5 nitrogen and oxygen atoms in total. The van der Waals surface area contributed by atoms with E-state index < -0.39 is 5.97 Å². The summed E-state index contributed by atoms with van der Waals surface area (Å²) < 4.78 is 7.13. The number of imidazole rings is 1. The van der Waals surface area contributed by atoms with E-state index >= 15 is 0 Å². The van der Waals surface area contributed by atoms with Crippen molar-refractivity contribution in [2.24, 2.45) is 0 Å². The maximum absolute atomic E-state index is 10.8. The molecule has 1 aromatic carbocycles. The molecule has 0 aliphatic heterocycles. The van der Waals surface area contributed by atoms with Crippen LogP contribution in [-0.4, -0.2) is 20.6 Å². The molecule has 0 fully saturated rings. The Labute approximate surface area is 129 Å². The lowest BCUT2D eigenvalue weighted by molar-refractivity contribution is -0.137. The van der Waals surface area contributed by atoms with Crippen LogP contribution in [-0.2, 0) is 11.3 Å². The highest BCUT2D eigenvalue weighted by Crippen LogP contribution is 2.31. The van der Waals surface area contributed by atoms with Gasteiger partial charge in [-0.1, -0.05) is 23.2 Å². The number of hydrogen-bond donors (Lipinski definition) is 1.